The second-order valence-electron chi connectivity index (χ2n) is 8.37. The van der Waals surface area contributed by atoms with Crippen LogP contribution in [0, 0.1) is 11.3 Å². The van der Waals surface area contributed by atoms with E-state index in [1.807, 2.05) is 55.5 Å². The lowest BCUT2D eigenvalue weighted by molar-refractivity contribution is 0.0950. The van der Waals surface area contributed by atoms with E-state index in [0.717, 1.165) is 33.4 Å². The number of rotatable bonds is 4. The van der Waals surface area contributed by atoms with E-state index in [1.54, 1.807) is 24.4 Å². The molecule has 1 unspecified atom stereocenters. The summed E-state index contributed by atoms with van der Waals surface area (Å²) in [5.74, 6) is 0.440. The van der Waals surface area contributed by atoms with Crippen molar-refractivity contribution < 1.29 is 9.53 Å². The van der Waals surface area contributed by atoms with Gasteiger partial charge in [-0.25, -0.2) is 4.98 Å². The Morgan fingerprint density at radius 2 is 2.00 bits per heavy atom. The molecule has 0 radical (unpaired) electrons. The Hall–Kier alpha value is -4.24. The van der Waals surface area contributed by atoms with Crippen molar-refractivity contribution in [2.45, 2.75) is 25.3 Å². The average Bonchev–Trinajstić information content (AvgIpc) is 2.87. The maximum atomic E-state index is 12.8. The van der Waals surface area contributed by atoms with Gasteiger partial charge in [0.05, 0.1) is 41.5 Å². The van der Waals surface area contributed by atoms with E-state index in [9.17, 15) is 10.1 Å². The van der Waals surface area contributed by atoms with Crippen molar-refractivity contribution in [2.75, 3.05) is 6.61 Å². The van der Waals surface area contributed by atoms with Gasteiger partial charge in [0.2, 0.25) is 0 Å². The van der Waals surface area contributed by atoms with Gasteiger partial charge in [0.25, 0.3) is 5.91 Å². The van der Waals surface area contributed by atoms with Gasteiger partial charge >= 0.3 is 0 Å². The van der Waals surface area contributed by atoms with E-state index >= 15 is 0 Å². The molecule has 2 aromatic carbocycles. The molecule has 0 saturated carbocycles. The molecule has 0 saturated heterocycles. The Bertz CT molecular complexity index is 1390. The van der Waals surface area contributed by atoms with Crippen molar-refractivity contribution in [1.29, 1.82) is 5.26 Å². The number of nitrogens with one attached hydrogen (secondary N) is 1. The van der Waals surface area contributed by atoms with Crippen LogP contribution >= 0.6 is 0 Å². The van der Waals surface area contributed by atoms with Gasteiger partial charge in [-0.2, -0.15) is 5.26 Å². The lowest BCUT2D eigenvalue weighted by atomic mass is 9.78. The first-order valence-electron chi connectivity index (χ1n) is 10.8. The summed E-state index contributed by atoms with van der Waals surface area (Å²) < 4.78 is 5.67. The van der Waals surface area contributed by atoms with E-state index in [0.29, 0.717) is 24.3 Å². The molecule has 33 heavy (non-hydrogen) atoms. The fourth-order valence-electron chi connectivity index (χ4n) is 4.04. The lowest BCUT2D eigenvalue weighted by Crippen LogP contribution is -2.29. The van der Waals surface area contributed by atoms with Gasteiger partial charge in [0, 0.05) is 34.7 Å². The number of carbonyl (C=O) groups is 1. The highest BCUT2D eigenvalue weighted by atomic mass is 16.5. The topological polar surface area (TPSA) is 87.9 Å². The third-order valence-electron chi connectivity index (χ3n) is 6.07. The summed E-state index contributed by atoms with van der Waals surface area (Å²) in [7, 11) is 0. The van der Waals surface area contributed by atoms with Crippen LogP contribution in [0.4, 0.5) is 0 Å². The number of ether oxygens (including phenoxy) is 1. The van der Waals surface area contributed by atoms with Gasteiger partial charge < -0.3 is 10.1 Å². The zero-order valence-corrected chi connectivity index (χ0v) is 18.2. The molecule has 0 fully saturated rings. The number of benzene rings is 2. The zero-order valence-electron chi connectivity index (χ0n) is 18.2. The van der Waals surface area contributed by atoms with Crippen molar-refractivity contribution in [3.63, 3.8) is 0 Å². The summed E-state index contributed by atoms with van der Waals surface area (Å²) in [6.07, 6.45) is 2.37. The standard InChI is InChI=1S/C27H22N4O2/c1-27(17-28)11-12-33-25-10-8-19(13-22(25)27)26(32)30-16-21-14-24-20(15-29-21)7-9-23(31-24)18-5-3-2-4-6-18/h2-10,13-15H,11-12,16H2,1H3,(H,30,32). The summed E-state index contributed by atoms with van der Waals surface area (Å²) in [4.78, 5) is 22.1. The van der Waals surface area contributed by atoms with Crippen LogP contribution in [-0.2, 0) is 12.0 Å². The number of carbonyl (C=O) groups excluding carboxylic acids is 1. The van der Waals surface area contributed by atoms with Gasteiger partial charge in [0.15, 0.2) is 0 Å². The maximum Gasteiger partial charge on any atom is 0.251 e. The minimum absolute atomic E-state index is 0.225. The van der Waals surface area contributed by atoms with E-state index in [-0.39, 0.29) is 12.5 Å². The number of hydrogen-bond acceptors (Lipinski definition) is 5. The molecule has 1 aliphatic heterocycles. The van der Waals surface area contributed by atoms with Crippen molar-refractivity contribution >= 4 is 16.8 Å². The molecule has 6 heteroatoms. The summed E-state index contributed by atoms with van der Waals surface area (Å²) >= 11 is 0. The van der Waals surface area contributed by atoms with Crippen LogP contribution in [-0.4, -0.2) is 22.5 Å². The number of amides is 1. The van der Waals surface area contributed by atoms with Gasteiger partial charge in [-0.3, -0.25) is 9.78 Å². The van der Waals surface area contributed by atoms with Crippen LogP contribution in [0.3, 0.4) is 0 Å². The summed E-state index contributed by atoms with van der Waals surface area (Å²) in [6, 6.07) is 23.5. The smallest absolute Gasteiger partial charge is 0.251 e. The van der Waals surface area contributed by atoms with Crippen LogP contribution in [0.15, 0.2) is 72.9 Å². The predicted octanol–water partition coefficient (Wildman–Crippen LogP) is 4.79. The normalized spacial score (nSPS) is 17.0. The van der Waals surface area contributed by atoms with Crippen LogP contribution in [0.2, 0.25) is 0 Å². The summed E-state index contributed by atoms with van der Waals surface area (Å²) in [5, 5.41) is 13.5. The average molecular weight is 434 g/mol. The molecule has 1 N–H and O–H groups in total. The molecule has 4 aromatic rings. The molecule has 0 bridgehead atoms. The fourth-order valence-corrected chi connectivity index (χ4v) is 4.04. The third-order valence-corrected chi connectivity index (χ3v) is 6.07. The molecule has 5 rings (SSSR count). The first kappa shape index (κ1) is 20.7. The second-order valence-corrected chi connectivity index (χ2v) is 8.37. The Kier molecular flexibility index (Phi) is 5.23. The molecule has 0 aliphatic carbocycles. The van der Waals surface area contributed by atoms with Gasteiger partial charge in [-0.15, -0.1) is 0 Å². The molecule has 2 aromatic heterocycles. The van der Waals surface area contributed by atoms with Gasteiger partial charge in [0.1, 0.15) is 5.75 Å². The van der Waals surface area contributed by atoms with E-state index < -0.39 is 5.41 Å². The first-order valence-corrected chi connectivity index (χ1v) is 10.8. The fraction of sp³-hybridized carbons (Fsp3) is 0.185. The summed E-state index contributed by atoms with van der Waals surface area (Å²) in [5.41, 5.74) is 4.07. The molecular weight excluding hydrogens is 412 g/mol. The van der Waals surface area contributed by atoms with E-state index in [4.69, 9.17) is 9.72 Å². The second kappa shape index (κ2) is 8.36. The Balaban J connectivity index is 1.35. The lowest BCUT2D eigenvalue weighted by Gasteiger charge is -2.30. The highest BCUT2D eigenvalue weighted by Crippen LogP contribution is 2.38. The number of hydrogen-bond donors (Lipinski definition) is 1. The van der Waals surface area contributed by atoms with Gasteiger partial charge in [-0.05, 0) is 43.3 Å². The van der Waals surface area contributed by atoms with E-state index in [1.165, 1.54) is 0 Å². The summed E-state index contributed by atoms with van der Waals surface area (Å²) in [6.45, 7) is 2.65. The number of pyridine rings is 2. The minimum atomic E-state index is -0.661. The first-order chi connectivity index (χ1) is 16.1. The maximum absolute atomic E-state index is 12.8. The van der Waals surface area contributed by atoms with Crippen LogP contribution in [0.5, 0.6) is 5.75 Å². The molecule has 6 nitrogen and oxygen atoms in total. The van der Waals surface area contributed by atoms with Crippen LogP contribution in [0.1, 0.15) is 35.0 Å². The number of nitrogens with zero attached hydrogens (tertiary/aromatic N) is 3. The van der Waals surface area contributed by atoms with Crippen molar-refractivity contribution in [2.24, 2.45) is 0 Å². The van der Waals surface area contributed by atoms with Crippen molar-refractivity contribution in [1.82, 2.24) is 15.3 Å². The zero-order chi connectivity index (χ0) is 22.8. The Labute approximate surface area is 191 Å². The van der Waals surface area contributed by atoms with E-state index in [2.05, 4.69) is 16.4 Å². The number of aromatic nitrogens is 2. The SMILES string of the molecule is CC1(C#N)CCOc2ccc(C(=O)NCc3cc4nc(-c5ccccc5)ccc4cn3)cc21. The Morgan fingerprint density at radius 1 is 1.15 bits per heavy atom. The largest absolute Gasteiger partial charge is 0.493 e. The van der Waals surface area contributed by atoms with Crippen molar-refractivity contribution in [3.8, 4) is 23.1 Å². The number of fused-ring (bicyclic) bond motifs is 2. The quantitative estimate of drug-likeness (QED) is 0.499. The molecule has 162 valence electrons. The molecular formula is C27H22N4O2. The van der Waals surface area contributed by atoms with Crippen LogP contribution in [0.25, 0.3) is 22.2 Å². The number of nitriles is 1. The highest BCUT2D eigenvalue weighted by Gasteiger charge is 2.34. The van der Waals surface area contributed by atoms with Gasteiger partial charge in [-0.1, -0.05) is 30.3 Å². The molecule has 1 aliphatic rings. The highest BCUT2D eigenvalue weighted by molar-refractivity contribution is 5.94. The molecule has 1 amide bonds. The Morgan fingerprint density at radius 3 is 2.82 bits per heavy atom. The molecule has 1 atom stereocenters. The molecule has 0 spiro atoms. The monoisotopic (exact) mass is 434 g/mol. The van der Waals surface area contributed by atoms with Crippen LogP contribution < -0.4 is 10.1 Å². The predicted molar refractivity (Wildman–Crippen MR) is 126 cm³/mol. The van der Waals surface area contributed by atoms with Crippen molar-refractivity contribution in [3.05, 3.63) is 89.7 Å². The third kappa shape index (κ3) is 4.01. The minimum Gasteiger partial charge on any atom is -0.493 e. The molecule has 3 heterocycles.